The monoisotopic (exact) mass is 249 g/mol. The van der Waals surface area contributed by atoms with Crippen LogP contribution in [0.3, 0.4) is 0 Å². The Kier molecular flexibility index (Phi) is 3.41. The zero-order valence-electron chi connectivity index (χ0n) is 10.6. The molecule has 4 N–H and O–H groups in total. The predicted molar refractivity (Wildman–Crippen MR) is 70.7 cm³/mol. The largest absolute Gasteiger partial charge is 0.478 e. The smallest absolute Gasteiger partial charge is 0.337 e. The number of carboxylic acid groups (broad SMARTS) is 1. The van der Waals surface area contributed by atoms with Crippen LogP contribution in [0.2, 0.25) is 0 Å². The van der Waals surface area contributed by atoms with E-state index in [1.54, 1.807) is 0 Å². The van der Waals surface area contributed by atoms with Crippen LogP contribution >= 0.6 is 0 Å². The van der Waals surface area contributed by atoms with Crippen LogP contribution in [0, 0.1) is 5.41 Å². The molecule has 0 aromatic carbocycles. The maximum atomic E-state index is 11.0. The van der Waals surface area contributed by atoms with Gasteiger partial charge in [0.05, 0.1) is 17.4 Å². The molecule has 0 atom stereocenters. The number of rotatable bonds is 4. The van der Waals surface area contributed by atoms with E-state index in [0.29, 0.717) is 11.2 Å². The van der Waals surface area contributed by atoms with E-state index in [2.05, 4.69) is 17.2 Å². The first kappa shape index (κ1) is 12.7. The number of nitrogens with one attached hydrogen (secondary N) is 1. The minimum atomic E-state index is -1.02. The van der Waals surface area contributed by atoms with Crippen LogP contribution in [0.4, 0.5) is 11.5 Å². The van der Waals surface area contributed by atoms with Gasteiger partial charge in [0, 0.05) is 6.54 Å². The van der Waals surface area contributed by atoms with Crippen molar-refractivity contribution in [1.29, 1.82) is 0 Å². The highest BCUT2D eigenvalue weighted by atomic mass is 16.4. The molecule has 98 valence electrons. The van der Waals surface area contributed by atoms with Gasteiger partial charge in [-0.3, -0.25) is 0 Å². The van der Waals surface area contributed by atoms with Crippen molar-refractivity contribution < 1.29 is 9.90 Å². The molecule has 1 heterocycles. The molecule has 0 spiro atoms. The van der Waals surface area contributed by atoms with E-state index in [4.69, 9.17) is 10.8 Å². The number of hydrogen-bond acceptors (Lipinski definition) is 4. The average Bonchev–Trinajstić information content (AvgIpc) is 2.75. The Morgan fingerprint density at radius 2 is 2.22 bits per heavy atom. The molecule has 2 rings (SSSR count). The lowest BCUT2D eigenvalue weighted by molar-refractivity contribution is 0.0698. The van der Waals surface area contributed by atoms with Gasteiger partial charge in [-0.1, -0.05) is 19.8 Å². The van der Waals surface area contributed by atoms with E-state index in [1.165, 1.54) is 37.9 Å². The third-order valence-electron chi connectivity index (χ3n) is 3.67. The molecule has 1 aromatic heterocycles. The first-order chi connectivity index (χ1) is 8.50. The lowest BCUT2D eigenvalue weighted by Gasteiger charge is -2.24. The van der Waals surface area contributed by atoms with Gasteiger partial charge in [-0.05, 0) is 24.3 Å². The number of aromatic carboxylic acids is 1. The predicted octanol–water partition coefficient (Wildman–Crippen LogP) is 2.35. The van der Waals surface area contributed by atoms with Gasteiger partial charge < -0.3 is 16.2 Å². The maximum Gasteiger partial charge on any atom is 0.337 e. The van der Waals surface area contributed by atoms with Gasteiger partial charge in [0.1, 0.15) is 5.82 Å². The normalized spacial score (nSPS) is 17.6. The SMILES string of the molecule is CC1(CNc2cc(C(=O)O)c(N)cn2)CCCC1. The molecule has 0 amide bonds. The highest BCUT2D eigenvalue weighted by molar-refractivity contribution is 5.94. The number of nitrogens with zero attached hydrogens (tertiary/aromatic N) is 1. The van der Waals surface area contributed by atoms with E-state index in [0.717, 1.165) is 6.54 Å². The number of aromatic nitrogens is 1. The minimum absolute atomic E-state index is 0.101. The van der Waals surface area contributed by atoms with Crippen LogP contribution in [0.5, 0.6) is 0 Å². The second-order valence-electron chi connectivity index (χ2n) is 5.33. The van der Waals surface area contributed by atoms with Crippen molar-refractivity contribution in [3.05, 3.63) is 17.8 Å². The summed E-state index contributed by atoms with van der Waals surface area (Å²) in [6.07, 6.45) is 6.35. The van der Waals surface area contributed by atoms with E-state index in [9.17, 15) is 4.79 Å². The standard InChI is InChI=1S/C13H19N3O2/c1-13(4-2-3-5-13)8-16-11-6-9(12(17)18)10(14)7-15-11/h6-7H,2-5,8,14H2,1H3,(H,15,16)(H,17,18). The topological polar surface area (TPSA) is 88.2 Å². The summed E-state index contributed by atoms with van der Waals surface area (Å²) in [5.74, 6) is -0.445. The molecule has 0 bridgehead atoms. The van der Waals surface area contributed by atoms with E-state index in [1.807, 2.05) is 0 Å². The number of nitrogen functional groups attached to an aromatic ring is 1. The Morgan fingerprint density at radius 3 is 2.83 bits per heavy atom. The highest BCUT2D eigenvalue weighted by Gasteiger charge is 2.28. The van der Waals surface area contributed by atoms with E-state index in [-0.39, 0.29) is 11.3 Å². The summed E-state index contributed by atoms with van der Waals surface area (Å²) in [5, 5.41) is 12.2. The summed E-state index contributed by atoms with van der Waals surface area (Å²) in [5.41, 5.74) is 6.16. The summed E-state index contributed by atoms with van der Waals surface area (Å²) in [6.45, 7) is 3.07. The third-order valence-corrected chi connectivity index (χ3v) is 3.67. The molecule has 1 aliphatic rings. The number of hydrogen-bond donors (Lipinski definition) is 3. The molecule has 1 saturated carbocycles. The molecule has 1 aromatic rings. The summed E-state index contributed by atoms with van der Waals surface area (Å²) < 4.78 is 0. The van der Waals surface area contributed by atoms with Crippen LogP contribution in [-0.4, -0.2) is 22.6 Å². The molecule has 1 fully saturated rings. The summed E-state index contributed by atoms with van der Waals surface area (Å²) in [6, 6.07) is 1.50. The van der Waals surface area contributed by atoms with E-state index < -0.39 is 5.97 Å². The third kappa shape index (κ3) is 2.72. The van der Waals surface area contributed by atoms with Gasteiger partial charge in [-0.15, -0.1) is 0 Å². The lowest BCUT2D eigenvalue weighted by Crippen LogP contribution is -2.23. The minimum Gasteiger partial charge on any atom is -0.478 e. The van der Waals surface area contributed by atoms with Crippen molar-refractivity contribution in [2.45, 2.75) is 32.6 Å². The van der Waals surface area contributed by atoms with Gasteiger partial charge >= 0.3 is 5.97 Å². The van der Waals surface area contributed by atoms with Crippen molar-refractivity contribution in [2.75, 3.05) is 17.6 Å². The second kappa shape index (κ2) is 4.84. The molecule has 0 unspecified atom stereocenters. The van der Waals surface area contributed by atoms with Crippen LogP contribution < -0.4 is 11.1 Å². The van der Waals surface area contributed by atoms with Crippen LogP contribution in [-0.2, 0) is 0 Å². The zero-order valence-corrected chi connectivity index (χ0v) is 10.6. The molecule has 18 heavy (non-hydrogen) atoms. The summed E-state index contributed by atoms with van der Waals surface area (Å²) in [7, 11) is 0. The Bertz CT molecular complexity index is 454. The number of carboxylic acids is 1. The van der Waals surface area contributed by atoms with Gasteiger partial charge in [-0.2, -0.15) is 0 Å². The number of anilines is 2. The lowest BCUT2D eigenvalue weighted by atomic mass is 9.89. The van der Waals surface area contributed by atoms with Crippen molar-refractivity contribution in [3.8, 4) is 0 Å². The molecule has 0 radical (unpaired) electrons. The fourth-order valence-electron chi connectivity index (χ4n) is 2.46. The molecule has 0 aliphatic heterocycles. The number of nitrogens with two attached hydrogens (primary N) is 1. The molecule has 5 heteroatoms. The van der Waals surface area contributed by atoms with Crippen molar-refractivity contribution in [1.82, 2.24) is 4.98 Å². The van der Waals surface area contributed by atoms with Crippen molar-refractivity contribution in [2.24, 2.45) is 5.41 Å². The van der Waals surface area contributed by atoms with E-state index >= 15 is 0 Å². The molecular weight excluding hydrogens is 230 g/mol. The Hall–Kier alpha value is -1.78. The average molecular weight is 249 g/mol. The first-order valence-corrected chi connectivity index (χ1v) is 6.23. The maximum absolute atomic E-state index is 11.0. The fourth-order valence-corrected chi connectivity index (χ4v) is 2.46. The second-order valence-corrected chi connectivity index (χ2v) is 5.33. The Labute approximate surface area is 106 Å². The summed E-state index contributed by atoms with van der Waals surface area (Å²) >= 11 is 0. The van der Waals surface area contributed by atoms with Crippen LogP contribution in [0.1, 0.15) is 43.0 Å². The molecule has 5 nitrogen and oxygen atoms in total. The molecule has 0 saturated heterocycles. The quantitative estimate of drug-likeness (QED) is 0.762. The van der Waals surface area contributed by atoms with Crippen LogP contribution in [0.25, 0.3) is 0 Å². The highest BCUT2D eigenvalue weighted by Crippen LogP contribution is 2.37. The van der Waals surface area contributed by atoms with Crippen molar-refractivity contribution in [3.63, 3.8) is 0 Å². The zero-order chi connectivity index (χ0) is 13.2. The van der Waals surface area contributed by atoms with Gasteiger partial charge in [0.25, 0.3) is 0 Å². The summed E-state index contributed by atoms with van der Waals surface area (Å²) in [4.78, 5) is 15.1. The molecular formula is C13H19N3O2. The Morgan fingerprint density at radius 1 is 1.56 bits per heavy atom. The van der Waals surface area contributed by atoms with Gasteiger partial charge in [-0.25, -0.2) is 9.78 Å². The first-order valence-electron chi connectivity index (χ1n) is 6.23. The molecule has 1 aliphatic carbocycles. The number of carbonyl (C=O) groups is 1. The van der Waals surface area contributed by atoms with Crippen molar-refractivity contribution >= 4 is 17.5 Å². The number of pyridine rings is 1. The Balaban J connectivity index is 2.05. The van der Waals surface area contributed by atoms with Gasteiger partial charge in [0.2, 0.25) is 0 Å². The van der Waals surface area contributed by atoms with Gasteiger partial charge in [0.15, 0.2) is 0 Å². The van der Waals surface area contributed by atoms with Crippen LogP contribution in [0.15, 0.2) is 12.3 Å². The fraction of sp³-hybridized carbons (Fsp3) is 0.538.